The van der Waals surface area contributed by atoms with Crippen LogP contribution in [-0.2, 0) is 11.2 Å². The highest BCUT2D eigenvalue weighted by atomic mass is 16.7. The summed E-state index contributed by atoms with van der Waals surface area (Å²) in [7, 11) is 1.44. The standard InChI is InChI=1S/C15H22O8/c1-21-10-6-8(4-5-16)2-3-9(10)22-15-14(20)13(19)12(18)11(7-17)23-15/h2-3,6,11-20H,4-5,7H2,1H3/t11-,12-,13+,14-,15-/m1/s1. The second-order valence-electron chi connectivity index (χ2n) is 5.27. The van der Waals surface area contributed by atoms with Gasteiger partial charge in [-0.2, -0.15) is 0 Å². The topological polar surface area (TPSA) is 129 Å². The molecule has 8 heteroatoms. The summed E-state index contributed by atoms with van der Waals surface area (Å²) in [6.07, 6.45) is -6.30. The van der Waals surface area contributed by atoms with E-state index in [1.54, 1.807) is 18.2 Å². The van der Waals surface area contributed by atoms with Gasteiger partial charge in [0, 0.05) is 6.61 Å². The maximum atomic E-state index is 9.97. The normalized spacial score (nSPS) is 31.0. The van der Waals surface area contributed by atoms with Crippen LogP contribution in [0.5, 0.6) is 11.5 Å². The van der Waals surface area contributed by atoms with Gasteiger partial charge in [-0.3, -0.25) is 0 Å². The monoisotopic (exact) mass is 330 g/mol. The highest BCUT2D eigenvalue weighted by molar-refractivity contribution is 5.43. The van der Waals surface area contributed by atoms with Crippen LogP contribution in [0.25, 0.3) is 0 Å². The minimum Gasteiger partial charge on any atom is -0.493 e. The summed E-state index contributed by atoms with van der Waals surface area (Å²) in [6, 6.07) is 4.99. The van der Waals surface area contributed by atoms with E-state index in [1.165, 1.54) is 7.11 Å². The number of methoxy groups -OCH3 is 1. The highest BCUT2D eigenvalue weighted by Gasteiger charge is 2.44. The minimum absolute atomic E-state index is 0.00390. The van der Waals surface area contributed by atoms with E-state index in [-0.39, 0.29) is 12.4 Å². The van der Waals surface area contributed by atoms with Crippen LogP contribution in [0.3, 0.4) is 0 Å². The van der Waals surface area contributed by atoms with Crippen molar-refractivity contribution in [2.45, 2.75) is 37.1 Å². The van der Waals surface area contributed by atoms with Crippen molar-refractivity contribution in [2.75, 3.05) is 20.3 Å². The van der Waals surface area contributed by atoms with Gasteiger partial charge in [0.05, 0.1) is 13.7 Å². The number of ether oxygens (including phenoxy) is 3. The molecule has 1 aliphatic rings. The van der Waals surface area contributed by atoms with Crippen molar-refractivity contribution in [3.63, 3.8) is 0 Å². The van der Waals surface area contributed by atoms with Crippen LogP contribution in [0.1, 0.15) is 5.56 Å². The predicted octanol–water partition coefficient (Wildman–Crippen LogP) is -1.59. The molecule has 0 radical (unpaired) electrons. The number of rotatable bonds is 6. The van der Waals surface area contributed by atoms with Crippen LogP contribution in [0.15, 0.2) is 18.2 Å². The Morgan fingerprint density at radius 1 is 1.04 bits per heavy atom. The van der Waals surface area contributed by atoms with E-state index in [1.807, 2.05) is 0 Å². The second-order valence-corrected chi connectivity index (χ2v) is 5.27. The molecule has 8 nitrogen and oxygen atoms in total. The molecule has 1 aliphatic heterocycles. The molecule has 5 atom stereocenters. The Morgan fingerprint density at radius 3 is 2.39 bits per heavy atom. The SMILES string of the molecule is COc1cc(CCO)ccc1O[C@@H]1O[C@H](CO)[C@@H](O)[C@H](O)[C@H]1O. The van der Waals surface area contributed by atoms with Crippen molar-refractivity contribution in [2.24, 2.45) is 0 Å². The maximum absolute atomic E-state index is 9.97. The van der Waals surface area contributed by atoms with E-state index in [2.05, 4.69) is 0 Å². The van der Waals surface area contributed by atoms with E-state index < -0.39 is 37.3 Å². The summed E-state index contributed by atoms with van der Waals surface area (Å²) in [6.45, 7) is -0.534. The molecule has 130 valence electrons. The molecule has 5 N–H and O–H groups in total. The second kappa shape index (κ2) is 7.91. The lowest BCUT2D eigenvalue weighted by molar-refractivity contribution is -0.277. The van der Waals surface area contributed by atoms with Crippen LogP contribution >= 0.6 is 0 Å². The van der Waals surface area contributed by atoms with Gasteiger partial charge in [-0.05, 0) is 24.1 Å². The zero-order chi connectivity index (χ0) is 17.0. The predicted molar refractivity (Wildman–Crippen MR) is 78.2 cm³/mol. The maximum Gasteiger partial charge on any atom is 0.229 e. The lowest BCUT2D eigenvalue weighted by atomic mass is 9.99. The van der Waals surface area contributed by atoms with Crippen LogP contribution in [0.4, 0.5) is 0 Å². The molecule has 0 amide bonds. The molecular weight excluding hydrogens is 308 g/mol. The molecule has 0 aromatic heterocycles. The molecule has 1 saturated heterocycles. The Kier molecular flexibility index (Phi) is 6.17. The number of benzene rings is 1. The van der Waals surface area contributed by atoms with E-state index in [0.717, 1.165) is 5.56 Å². The summed E-state index contributed by atoms with van der Waals surface area (Å²) in [5.41, 5.74) is 0.838. The van der Waals surface area contributed by atoms with Gasteiger partial charge in [0.1, 0.15) is 24.4 Å². The van der Waals surface area contributed by atoms with Crippen LogP contribution in [0, 0.1) is 0 Å². The van der Waals surface area contributed by atoms with Gasteiger partial charge < -0.3 is 39.7 Å². The quantitative estimate of drug-likeness (QED) is 0.422. The molecule has 1 fully saturated rings. The fourth-order valence-electron chi connectivity index (χ4n) is 2.38. The minimum atomic E-state index is -1.51. The molecule has 1 heterocycles. The number of hydrogen-bond donors (Lipinski definition) is 5. The summed E-state index contributed by atoms with van der Waals surface area (Å²) in [5, 5.41) is 47.6. The molecule has 0 spiro atoms. The fourth-order valence-corrected chi connectivity index (χ4v) is 2.38. The van der Waals surface area contributed by atoms with Gasteiger partial charge in [0.25, 0.3) is 0 Å². The Balaban J connectivity index is 2.17. The van der Waals surface area contributed by atoms with Crippen LogP contribution < -0.4 is 9.47 Å². The molecule has 0 bridgehead atoms. The van der Waals surface area contributed by atoms with Crippen molar-refractivity contribution in [3.05, 3.63) is 23.8 Å². The first kappa shape index (κ1) is 17.9. The lowest BCUT2D eigenvalue weighted by Crippen LogP contribution is -2.60. The Morgan fingerprint density at radius 2 is 1.78 bits per heavy atom. The first-order valence-electron chi connectivity index (χ1n) is 7.26. The molecule has 0 unspecified atom stereocenters. The molecule has 1 aromatic rings. The number of aliphatic hydroxyl groups excluding tert-OH is 5. The van der Waals surface area contributed by atoms with Gasteiger partial charge in [-0.25, -0.2) is 0 Å². The van der Waals surface area contributed by atoms with Crippen molar-refractivity contribution < 1.29 is 39.7 Å². The molecule has 0 aliphatic carbocycles. The van der Waals surface area contributed by atoms with Crippen LogP contribution in [-0.4, -0.2) is 76.6 Å². The average Bonchev–Trinajstić information content (AvgIpc) is 2.56. The van der Waals surface area contributed by atoms with Gasteiger partial charge >= 0.3 is 0 Å². The fraction of sp³-hybridized carbons (Fsp3) is 0.600. The number of aliphatic hydroxyl groups is 5. The molecule has 2 rings (SSSR count). The van der Waals surface area contributed by atoms with Gasteiger partial charge in [0.2, 0.25) is 6.29 Å². The van der Waals surface area contributed by atoms with Crippen molar-refractivity contribution in [1.82, 2.24) is 0 Å². The first-order valence-corrected chi connectivity index (χ1v) is 7.26. The third kappa shape index (κ3) is 3.92. The molecule has 23 heavy (non-hydrogen) atoms. The van der Waals surface area contributed by atoms with Gasteiger partial charge in [-0.1, -0.05) is 6.07 Å². The van der Waals surface area contributed by atoms with E-state index >= 15 is 0 Å². The first-order chi connectivity index (χ1) is 11.0. The summed E-state index contributed by atoms with van der Waals surface area (Å²) < 4.78 is 16.0. The third-order valence-electron chi connectivity index (χ3n) is 3.72. The molecular formula is C15H22O8. The van der Waals surface area contributed by atoms with E-state index in [4.69, 9.17) is 24.4 Å². The smallest absolute Gasteiger partial charge is 0.229 e. The third-order valence-corrected chi connectivity index (χ3v) is 3.72. The summed E-state index contributed by atoms with van der Waals surface area (Å²) in [5.74, 6) is 0.631. The van der Waals surface area contributed by atoms with Crippen LogP contribution in [0.2, 0.25) is 0 Å². The zero-order valence-corrected chi connectivity index (χ0v) is 12.7. The van der Waals surface area contributed by atoms with Gasteiger partial charge in [-0.15, -0.1) is 0 Å². The molecule has 0 saturated carbocycles. The zero-order valence-electron chi connectivity index (χ0n) is 12.7. The highest BCUT2D eigenvalue weighted by Crippen LogP contribution is 2.32. The number of hydrogen-bond acceptors (Lipinski definition) is 8. The summed E-state index contributed by atoms with van der Waals surface area (Å²) >= 11 is 0. The van der Waals surface area contributed by atoms with Crippen molar-refractivity contribution >= 4 is 0 Å². The Bertz CT molecular complexity index is 506. The Hall–Kier alpha value is -1.42. The largest absolute Gasteiger partial charge is 0.493 e. The summed E-state index contributed by atoms with van der Waals surface area (Å²) in [4.78, 5) is 0. The molecule has 1 aromatic carbocycles. The average molecular weight is 330 g/mol. The van der Waals surface area contributed by atoms with Gasteiger partial charge in [0.15, 0.2) is 11.5 Å². The van der Waals surface area contributed by atoms with Crippen molar-refractivity contribution in [1.29, 1.82) is 0 Å². The van der Waals surface area contributed by atoms with E-state index in [9.17, 15) is 15.3 Å². The Labute approximate surface area is 133 Å². The van der Waals surface area contributed by atoms with Crippen molar-refractivity contribution in [3.8, 4) is 11.5 Å². The lowest BCUT2D eigenvalue weighted by Gasteiger charge is -2.39. The van der Waals surface area contributed by atoms with E-state index in [0.29, 0.717) is 12.2 Å².